The van der Waals surface area contributed by atoms with Gasteiger partial charge in [0.15, 0.2) is 0 Å². The standard InChI is InChI=1S/C14H17BrClNO3/c1-9(2-5-13(18)19)6-7-17-14(20)11-8-10(15)3-4-12(11)16/h3-4,8-9H,2,5-7H2,1H3,(H,17,20)(H,18,19). The van der Waals surface area contributed by atoms with Crippen molar-refractivity contribution in [2.75, 3.05) is 6.54 Å². The van der Waals surface area contributed by atoms with Crippen LogP contribution in [0.4, 0.5) is 0 Å². The molecule has 4 nitrogen and oxygen atoms in total. The second kappa shape index (κ2) is 8.27. The third-order valence-electron chi connectivity index (χ3n) is 2.95. The van der Waals surface area contributed by atoms with E-state index in [1.54, 1.807) is 18.2 Å². The van der Waals surface area contributed by atoms with Gasteiger partial charge in [-0.15, -0.1) is 0 Å². The van der Waals surface area contributed by atoms with Crippen molar-refractivity contribution >= 4 is 39.4 Å². The Kier molecular flexibility index (Phi) is 7.02. The molecule has 0 aromatic heterocycles. The number of benzene rings is 1. The van der Waals surface area contributed by atoms with E-state index in [-0.39, 0.29) is 18.2 Å². The van der Waals surface area contributed by atoms with Crippen LogP contribution < -0.4 is 5.32 Å². The summed E-state index contributed by atoms with van der Waals surface area (Å²) in [4.78, 5) is 22.4. The lowest BCUT2D eigenvalue weighted by atomic mass is 10.0. The van der Waals surface area contributed by atoms with Crippen LogP contribution in [0.25, 0.3) is 0 Å². The number of rotatable bonds is 7. The minimum absolute atomic E-state index is 0.159. The molecule has 0 bridgehead atoms. The van der Waals surface area contributed by atoms with Gasteiger partial charge in [-0.1, -0.05) is 34.5 Å². The third kappa shape index (κ3) is 5.92. The molecule has 1 amide bonds. The van der Waals surface area contributed by atoms with Crippen molar-refractivity contribution in [1.29, 1.82) is 0 Å². The maximum Gasteiger partial charge on any atom is 0.303 e. The second-order valence-electron chi connectivity index (χ2n) is 4.71. The molecule has 110 valence electrons. The zero-order valence-corrected chi connectivity index (χ0v) is 13.5. The Balaban J connectivity index is 2.40. The summed E-state index contributed by atoms with van der Waals surface area (Å²) in [7, 11) is 0. The van der Waals surface area contributed by atoms with Gasteiger partial charge < -0.3 is 10.4 Å². The summed E-state index contributed by atoms with van der Waals surface area (Å²) in [6, 6.07) is 5.11. The summed E-state index contributed by atoms with van der Waals surface area (Å²) >= 11 is 9.27. The monoisotopic (exact) mass is 361 g/mol. The largest absolute Gasteiger partial charge is 0.481 e. The molecule has 0 aliphatic rings. The molecule has 0 aliphatic carbocycles. The molecule has 6 heteroatoms. The van der Waals surface area contributed by atoms with Crippen molar-refractivity contribution < 1.29 is 14.7 Å². The fourth-order valence-corrected chi connectivity index (χ4v) is 2.28. The first kappa shape index (κ1) is 17.0. The van der Waals surface area contributed by atoms with Gasteiger partial charge in [-0.25, -0.2) is 0 Å². The van der Waals surface area contributed by atoms with E-state index >= 15 is 0 Å². The van der Waals surface area contributed by atoms with Crippen molar-refractivity contribution in [3.05, 3.63) is 33.3 Å². The summed E-state index contributed by atoms with van der Waals surface area (Å²) in [5.41, 5.74) is 0.430. The van der Waals surface area contributed by atoms with Crippen LogP contribution in [0.5, 0.6) is 0 Å². The van der Waals surface area contributed by atoms with Crippen LogP contribution in [0.2, 0.25) is 5.02 Å². The molecule has 0 saturated heterocycles. The molecule has 0 aliphatic heterocycles. The Bertz CT molecular complexity index is 493. The molecule has 1 rings (SSSR count). The smallest absolute Gasteiger partial charge is 0.303 e. The zero-order valence-electron chi connectivity index (χ0n) is 11.2. The van der Waals surface area contributed by atoms with Gasteiger partial charge in [0.05, 0.1) is 10.6 Å². The van der Waals surface area contributed by atoms with Crippen molar-refractivity contribution in [3.8, 4) is 0 Å². The summed E-state index contributed by atoms with van der Waals surface area (Å²) < 4.78 is 0.793. The van der Waals surface area contributed by atoms with Gasteiger partial charge in [0.25, 0.3) is 5.91 Å². The van der Waals surface area contributed by atoms with Crippen molar-refractivity contribution in [3.63, 3.8) is 0 Å². The topological polar surface area (TPSA) is 66.4 Å². The molecule has 1 aromatic carbocycles. The molecule has 0 saturated carbocycles. The maximum absolute atomic E-state index is 12.0. The van der Waals surface area contributed by atoms with Gasteiger partial charge in [-0.3, -0.25) is 9.59 Å². The van der Waals surface area contributed by atoms with E-state index in [4.69, 9.17) is 16.7 Å². The van der Waals surface area contributed by atoms with E-state index in [0.717, 1.165) is 10.9 Å². The molecule has 0 radical (unpaired) electrons. The molecule has 2 N–H and O–H groups in total. The summed E-state index contributed by atoms with van der Waals surface area (Å²) in [5.74, 6) is -0.757. The Morgan fingerprint density at radius 1 is 1.40 bits per heavy atom. The number of hydrogen-bond donors (Lipinski definition) is 2. The van der Waals surface area contributed by atoms with Crippen LogP contribution in [-0.4, -0.2) is 23.5 Å². The number of nitrogens with one attached hydrogen (secondary N) is 1. The van der Waals surface area contributed by atoms with E-state index in [1.807, 2.05) is 6.92 Å². The van der Waals surface area contributed by atoms with Crippen molar-refractivity contribution in [1.82, 2.24) is 5.32 Å². The molecule has 0 fully saturated rings. The van der Waals surface area contributed by atoms with E-state index < -0.39 is 5.97 Å². The Morgan fingerprint density at radius 3 is 2.75 bits per heavy atom. The zero-order chi connectivity index (χ0) is 15.1. The van der Waals surface area contributed by atoms with Gasteiger partial charge in [0, 0.05) is 17.4 Å². The number of amides is 1. The van der Waals surface area contributed by atoms with Crippen molar-refractivity contribution in [2.45, 2.75) is 26.2 Å². The van der Waals surface area contributed by atoms with Crippen LogP contribution in [0.15, 0.2) is 22.7 Å². The Labute approximate surface area is 131 Å². The van der Waals surface area contributed by atoms with E-state index in [0.29, 0.717) is 23.6 Å². The van der Waals surface area contributed by atoms with Gasteiger partial charge in [-0.05, 0) is 37.0 Å². The van der Waals surface area contributed by atoms with E-state index in [2.05, 4.69) is 21.2 Å². The predicted molar refractivity (Wildman–Crippen MR) is 82.1 cm³/mol. The molecule has 0 heterocycles. The second-order valence-corrected chi connectivity index (χ2v) is 6.03. The van der Waals surface area contributed by atoms with E-state index in [1.165, 1.54) is 0 Å². The quantitative estimate of drug-likeness (QED) is 0.777. The SMILES string of the molecule is CC(CCNC(=O)c1cc(Br)ccc1Cl)CCC(=O)O. The fourth-order valence-electron chi connectivity index (χ4n) is 1.71. The Hall–Kier alpha value is -1.07. The maximum atomic E-state index is 12.0. The average Bonchev–Trinajstić information content (AvgIpc) is 2.39. The lowest BCUT2D eigenvalue weighted by Crippen LogP contribution is -2.26. The number of carbonyl (C=O) groups excluding carboxylic acids is 1. The molecule has 20 heavy (non-hydrogen) atoms. The van der Waals surface area contributed by atoms with Gasteiger partial charge in [0.1, 0.15) is 0 Å². The number of halogens is 2. The van der Waals surface area contributed by atoms with E-state index in [9.17, 15) is 9.59 Å². The summed E-state index contributed by atoms with van der Waals surface area (Å²) in [6.07, 6.45) is 1.51. The molecule has 1 unspecified atom stereocenters. The summed E-state index contributed by atoms with van der Waals surface area (Å²) in [6.45, 7) is 2.48. The van der Waals surface area contributed by atoms with Crippen molar-refractivity contribution in [2.24, 2.45) is 5.92 Å². The highest BCUT2D eigenvalue weighted by Crippen LogP contribution is 2.20. The highest BCUT2D eigenvalue weighted by molar-refractivity contribution is 9.10. The normalized spacial score (nSPS) is 11.9. The number of carboxylic acids is 1. The lowest BCUT2D eigenvalue weighted by molar-refractivity contribution is -0.137. The summed E-state index contributed by atoms with van der Waals surface area (Å²) in [5, 5.41) is 11.8. The van der Waals surface area contributed by atoms with Crippen LogP contribution in [0.3, 0.4) is 0 Å². The number of aliphatic carboxylic acids is 1. The molecule has 1 aromatic rings. The average molecular weight is 363 g/mol. The number of hydrogen-bond acceptors (Lipinski definition) is 2. The molecular weight excluding hydrogens is 346 g/mol. The lowest BCUT2D eigenvalue weighted by Gasteiger charge is -2.11. The predicted octanol–water partition coefficient (Wildman–Crippen LogP) is 3.72. The number of carbonyl (C=O) groups is 2. The minimum atomic E-state index is -0.790. The number of carboxylic acid groups (broad SMARTS) is 1. The third-order valence-corrected chi connectivity index (χ3v) is 3.77. The van der Waals surface area contributed by atoms with Gasteiger partial charge in [-0.2, -0.15) is 0 Å². The van der Waals surface area contributed by atoms with Crippen LogP contribution >= 0.6 is 27.5 Å². The first-order valence-electron chi connectivity index (χ1n) is 6.35. The van der Waals surface area contributed by atoms with Gasteiger partial charge >= 0.3 is 5.97 Å². The minimum Gasteiger partial charge on any atom is -0.481 e. The van der Waals surface area contributed by atoms with Crippen LogP contribution in [-0.2, 0) is 4.79 Å². The van der Waals surface area contributed by atoms with Gasteiger partial charge in [0.2, 0.25) is 0 Å². The highest BCUT2D eigenvalue weighted by atomic mass is 79.9. The highest BCUT2D eigenvalue weighted by Gasteiger charge is 2.11. The fraction of sp³-hybridized carbons (Fsp3) is 0.429. The molecule has 1 atom stereocenters. The first-order valence-corrected chi connectivity index (χ1v) is 7.52. The Morgan fingerprint density at radius 2 is 2.10 bits per heavy atom. The first-order chi connectivity index (χ1) is 9.40. The van der Waals surface area contributed by atoms with Crippen LogP contribution in [0.1, 0.15) is 36.5 Å². The molecular formula is C14H17BrClNO3. The van der Waals surface area contributed by atoms with Crippen LogP contribution in [0, 0.1) is 5.92 Å². The molecule has 0 spiro atoms.